The van der Waals surface area contributed by atoms with Crippen LogP contribution in [0.5, 0.6) is 0 Å². The second-order valence-corrected chi connectivity index (χ2v) is 6.55. The average Bonchev–Trinajstić information content (AvgIpc) is 3.12. The van der Waals surface area contributed by atoms with Crippen molar-refractivity contribution in [2.45, 2.75) is 19.3 Å². The number of aromatic nitrogens is 3. The molecule has 6 nitrogen and oxygen atoms in total. The van der Waals surface area contributed by atoms with Gasteiger partial charge in [-0.2, -0.15) is 0 Å². The van der Waals surface area contributed by atoms with Gasteiger partial charge in [0.15, 0.2) is 5.78 Å². The lowest BCUT2D eigenvalue weighted by Gasteiger charge is -2.05. The standard InChI is InChI=1S/C21H20N4O2/c22-21-20-19(24-18(25-20)7-4-10-26)15-9-8-13(11-16(15)23-21)12-17(27)14-5-2-1-3-6-14/h1-3,5-6,8-9,11,26H,4,7,10,12H2,(H2,22,23)(H,24,25). The van der Waals surface area contributed by atoms with Crippen LogP contribution in [0.1, 0.15) is 28.2 Å². The number of pyridine rings is 1. The number of aryl methyl sites for hydroxylation is 1. The molecule has 0 atom stereocenters. The molecule has 4 aromatic rings. The number of nitrogens with zero attached hydrogens (tertiary/aromatic N) is 2. The Kier molecular flexibility index (Phi) is 4.56. The fourth-order valence-corrected chi connectivity index (χ4v) is 3.24. The van der Waals surface area contributed by atoms with Crippen molar-refractivity contribution in [1.29, 1.82) is 0 Å². The van der Waals surface area contributed by atoms with Crippen LogP contribution in [0, 0.1) is 0 Å². The van der Waals surface area contributed by atoms with E-state index in [0.29, 0.717) is 36.2 Å². The molecule has 0 saturated carbocycles. The number of carbonyl (C=O) groups is 1. The summed E-state index contributed by atoms with van der Waals surface area (Å²) >= 11 is 0. The van der Waals surface area contributed by atoms with Gasteiger partial charge < -0.3 is 15.8 Å². The van der Waals surface area contributed by atoms with Crippen LogP contribution in [0.2, 0.25) is 0 Å². The summed E-state index contributed by atoms with van der Waals surface area (Å²) in [6, 6.07) is 15.0. The molecular weight excluding hydrogens is 340 g/mol. The highest BCUT2D eigenvalue weighted by Gasteiger charge is 2.13. The molecule has 6 heteroatoms. The maximum Gasteiger partial charge on any atom is 0.167 e. The Hall–Kier alpha value is -3.25. The van der Waals surface area contributed by atoms with Crippen molar-refractivity contribution in [3.8, 4) is 0 Å². The Morgan fingerprint density at radius 2 is 1.93 bits per heavy atom. The van der Waals surface area contributed by atoms with Crippen LogP contribution in [0.4, 0.5) is 5.82 Å². The van der Waals surface area contributed by atoms with E-state index in [-0.39, 0.29) is 12.4 Å². The van der Waals surface area contributed by atoms with Crippen molar-refractivity contribution in [1.82, 2.24) is 15.0 Å². The summed E-state index contributed by atoms with van der Waals surface area (Å²) in [5, 5.41) is 9.90. The van der Waals surface area contributed by atoms with Gasteiger partial charge in [0.2, 0.25) is 0 Å². The molecule has 0 aliphatic rings. The highest BCUT2D eigenvalue weighted by molar-refractivity contribution is 6.06. The molecule has 0 bridgehead atoms. The predicted molar refractivity (Wildman–Crippen MR) is 106 cm³/mol. The number of Topliss-reactive ketones (excluding diaryl/α,β-unsaturated/α-hetero) is 1. The zero-order chi connectivity index (χ0) is 18.8. The average molecular weight is 360 g/mol. The molecule has 4 rings (SSSR count). The summed E-state index contributed by atoms with van der Waals surface area (Å²) in [5.74, 6) is 1.23. The van der Waals surface area contributed by atoms with Crippen LogP contribution < -0.4 is 5.73 Å². The number of rotatable bonds is 6. The monoisotopic (exact) mass is 360 g/mol. The van der Waals surface area contributed by atoms with Gasteiger partial charge in [-0.1, -0.05) is 42.5 Å². The van der Waals surface area contributed by atoms with Crippen LogP contribution >= 0.6 is 0 Å². The van der Waals surface area contributed by atoms with E-state index in [0.717, 1.165) is 27.8 Å². The summed E-state index contributed by atoms with van der Waals surface area (Å²) in [4.78, 5) is 24.8. The van der Waals surface area contributed by atoms with Gasteiger partial charge in [-0.3, -0.25) is 4.79 Å². The number of hydrogen-bond donors (Lipinski definition) is 3. The highest BCUT2D eigenvalue weighted by Crippen LogP contribution is 2.27. The first-order valence-corrected chi connectivity index (χ1v) is 8.91. The topological polar surface area (TPSA) is 105 Å². The maximum absolute atomic E-state index is 12.5. The number of nitrogen functional groups attached to an aromatic ring is 1. The number of benzene rings is 2. The second kappa shape index (κ2) is 7.17. The van der Waals surface area contributed by atoms with E-state index >= 15 is 0 Å². The number of aromatic amines is 1. The van der Waals surface area contributed by atoms with E-state index in [1.54, 1.807) is 0 Å². The van der Waals surface area contributed by atoms with E-state index in [4.69, 9.17) is 10.8 Å². The molecule has 0 saturated heterocycles. The SMILES string of the molecule is Nc1nc2cc(CC(=O)c3ccccc3)ccc2c2nc(CCCO)[nH]c12. The lowest BCUT2D eigenvalue weighted by molar-refractivity contribution is 0.0993. The Balaban J connectivity index is 1.70. The van der Waals surface area contributed by atoms with Crippen molar-refractivity contribution >= 4 is 33.5 Å². The summed E-state index contributed by atoms with van der Waals surface area (Å²) in [5.41, 5.74) is 9.89. The van der Waals surface area contributed by atoms with Crippen LogP contribution in [0.3, 0.4) is 0 Å². The first-order chi connectivity index (χ1) is 13.2. The van der Waals surface area contributed by atoms with Gasteiger partial charge >= 0.3 is 0 Å². The Morgan fingerprint density at radius 3 is 2.70 bits per heavy atom. The minimum absolute atomic E-state index is 0.0649. The highest BCUT2D eigenvalue weighted by atomic mass is 16.2. The molecule has 2 heterocycles. The number of carbonyl (C=O) groups excluding carboxylic acids is 1. The molecular formula is C21H20N4O2. The van der Waals surface area contributed by atoms with Gasteiger partial charge in [-0.15, -0.1) is 0 Å². The summed E-state index contributed by atoms with van der Waals surface area (Å²) < 4.78 is 0. The summed E-state index contributed by atoms with van der Waals surface area (Å²) in [7, 11) is 0. The number of anilines is 1. The molecule has 27 heavy (non-hydrogen) atoms. The van der Waals surface area contributed by atoms with Crippen molar-refractivity contribution in [3.63, 3.8) is 0 Å². The normalized spacial score (nSPS) is 11.3. The molecule has 0 radical (unpaired) electrons. The number of nitrogens with two attached hydrogens (primary N) is 1. The Labute approximate surface area is 156 Å². The molecule has 0 aliphatic carbocycles. The Bertz CT molecular complexity index is 1120. The van der Waals surface area contributed by atoms with Gasteiger partial charge in [0.05, 0.1) is 5.52 Å². The van der Waals surface area contributed by atoms with Crippen molar-refractivity contribution in [2.75, 3.05) is 12.3 Å². The van der Waals surface area contributed by atoms with Gasteiger partial charge in [-0.25, -0.2) is 9.97 Å². The smallest absolute Gasteiger partial charge is 0.167 e. The third-order valence-corrected chi connectivity index (χ3v) is 4.60. The third kappa shape index (κ3) is 3.39. The number of hydrogen-bond acceptors (Lipinski definition) is 5. The quantitative estimate of drug-likeness (QED) is 0.458. The number of aliphatic hydroxyl groups excluding tert-OH is 1. The predicted octanol–water partition coefficient (Wildman–Crippen LogP) is 3.04. The van der Waals surface area contributed by atoms with Crippen LogP contribution in [-0.2, 0) is 12.8 Å². The first kappa shape index (κ1) is 17.2. The number of fused-ring (bicyclic) bond motifs is 3. The number of aliphatic hydroxyl groups is 1. The van der Waals surface area contributed by atoms with Crippen LogP contribution in [0.25, 0.3) is 21.9 Å². The zero-order valence-corrected chi connectivity index (χ0v) is 14.8. The minimum atomic E-state index is 0.0649. The molecule has 0 amide bonds. The number of imidazole rings is 1. The molecule has 0 unspecified atom stereocenters. The molecule has 0 spiro atoms. The zero-order valence-electron chi connectivity index (χ0n) is 14.8. The van der Waals surface area contributed by atoms with Crippen LogP contribution in [-0.4, -0.2) is 32.4 Å². The molecule has 0 fully saturated rings. The maximum atomic E-state index is 12.5. The molecule has 2 aromatic carbocycles. The van der Waals surface area contributed by atoms with Gasteiger partial charge in [0, 0.05) is 30.4 Å². The fourth-order valence-electron chi connectivity index (χ4n) is 3.24. The Morgan fingerprint density at radius 1 is 1.11 bits per heavy atom. The largest absolute Gasteiger partial charge is 0.396 e. The van der Waals surface area contributed by atoms with Gasteiger partial charge in [0.1, 0.15) is 22.7 Å². The first-order valence-electron chi connectivity index (χ1n) is 8.91. The number of nitrogens with one attached hydrogen (secondary N) is 1. The number of ketones is 1. The number of H-pyrrole nitrogens is 1. The summed E-state index contributed by atoms with van der Waals surface area (Å²) in [6.45, 7) is 0.115. The van der Waals surface area contributed by atoms with Crippen LogP contribution in [0.15, 0.2) is 48.5 Å². The second-order valence-electron chi connectivity index (χ2n) is 6.55. The van der Waals surface area contributed by atoms with Crippen molar-refractivity contribution < 1.29 is 9.90 Å². The van der Waals surface area contributed by atoms with E-state index in [1.807, 2.05) is 48.5 Å². The molecule has 4 N–H and O–H groups in total. The molecule has 0 aliphatic heterocycles. The van der Waals surface area contributed by atoms with E-state index in [2.05, 4.69) is 15.0 Å². The van der Waals surface area contributed by atoms with E-state index < -0.39 is 0 Å². The minimum Gasteiger partial charge on any atom is -0.396 e. The van der Waals surface area contributed by atoms with Crippen molar-refractivity contribution in [2.24, 2.45) is 0 Å². The lowest BCUT2D eigenvalue weighted by Crippen LogP contribution is -2.03. The van der Waals surface area contributed by atoms with E-state index in [9.17, 15) is 4.79 Å². The fraction of sp³-hybridized carbons (Fsp3) is 0.190. The third-order valence-electron chi connectivity index (χ3n) is 4.60. The lowest BCUT2D eigenvalue weighted by atomic mass is 10.0. The van der Waals surface area contributed by atoms with E-state index in [1.165, 1.54) is 0 Å². The van der Waals surface area contributed by atoms with Gasteiger partial charge in [-0.05, 0) is 18.1 Å². The van der Waals surface area contributed by atoms with Gasteiger partial charge in [0.25, 0.3) is 0 Å². The van der Waals surface area contributed by atoms with Crippen molar-refractivity contribution in [3.05, 3.63) is 65.5 Å². The summed E-state index contributed by atoms with van der Waals surface area (Å²) in [6.07, 6.45) is 1.59. The molecule has 136 valence electrons. The molecule has 2 aromatic heterocycles.